The molecule has 0 aliphatic carbocycles. The molecule has 0 unspecified atom stereocenters. The second-order valence-electron chi connectivity index (χ2n) is 2.36. The summed E-state index contributed by atoms with van der Waals surface area (Å²) in [5, 5.41) is 0. The monoisotopic (exact) mass is 205 g/mol. The van der Waals surface area contributed by atoms with E-state index in [4.69, 9.17) is 23.1 Å². The van der Waals surface area contributed by atoms with Crippen molar-refractivity contribution in [1.29, 1.82) is 0 Å². The molecule has 0 rings (SSSR count). The fourth-order valence-corrected chi connectivity index (χ4v) is 0.460. The summed E-state index contributed by atoms with van der Waals surface area (Å²) in [5.41, 5.74) is 10.7. The van der Waals surface area contributed by atoms with E-state index in [1.165, 1.54) is 4.90 Å². The molecule has 0 fully saturated rings. The van der Waals surface area contributed by atoms with Gasteiger partial charge in [-0.05, 0) is 0 Å². The van der Waals surface area contributed by atoms with E-state index < -0.39 is 5.91 Å². The Kier molecular flexibility index (Phi) is 4.83. The van der Waals surface area contributed by atoms with Gasteiger partial charge in [0.1, 0.15) is 5.88 Å². The van der Waals surface area contributed by atoms with Crippen molar-refractivity contribution in [1.82, 2.24) is 4.90 Å². The minimum atomic E-state index is -0.547. The Hall–Kier alpha value is -1.30. The van der Waals surface area contributed by atoms with Crippen LogP contribution >= 0.6 is 11.6 Å². The maximum atomic E-state index is 10.7. The molecule has 0 spiro atoms. The summed E-state index contributed by atoms with van der Waals surface area (Å²) in [6.07, 6.45) is 0. The summed E-state index contributed by atoms with van der Waals surface area (Å²) in [4.78, 5) is 19.2. The van der Waals surface area contributed by atoms with Gasteiger partial charge in [-0.25, -0.2) is 0 Å². The highest BCUT2D eigenvalue weighted by Crippen LogP contribution is 1.83. The SMILES string of the molecule is CN(C)C(N)=NC(N)=NC(=O)CCl. The van der Waals surface area contributed by atoms with Crippen LogP contribution in [-0.4, -0.2) is 42.7 Å². The number of hydrogen-bond donors (Lipinski definition) is 2. The van der Waals surface area contributed by atoms with Crippen molar-refractivity contribution in [3.05, 3.63) is 0 Å². The van der Waals surface area contributed by atoms with Crippen molar-refractivity contribution in [3.8, 4) is 0 Å². The van der Waals surface area contributed by atoms with Gasteiger partial charge in [0.15, 0.2) is 5.96 Å². The molecule has 74 valence electrons. The van der Waals surface area contributed by atoms with E-state index in [1.54, 1.807) is 14.1 Å². The quantitative estimate of drug-likeness (QED) is 0.324. The lowest BCUT2D eigenvalue weighted by atomic mass is 10.7. The Balaban J connectivity index is 4.44. The highest BCUT2D eigenvalue weighted by molar-refractivity contribution is 6.28. The van der Waals surface area contributed by atoms with Gasteiger partial charge in [0.2, 0.25) is 5.96 Å². The predicted octanol–water partition coefficient (Wildman–Crippen LogP) is -1.06. The second kappa shape index (κ2) is 5.36. The third-order valence-electron chi connectivity index (χ3n) is 1.04. The fourth-order valence-electron chi connectivity index (χ4n) is 0.400. The van der Waals surface area contributed by atoms with Crippen LogP contribution in [0.5, 0.6) is 0 Å². The zero-order valence-corrected chi connectivity index (χ0v) is 8.25. The summed E-state index contributed by atoms with van der Waals surface area (Å²) in [6, 6.07) is 0. The van der Waals surface area contributed by atoms with Crippen molar-refractivity contribution in [3.63, 3.8) is 0 Å². The molecule has 0 heterocycles. The predicted molar refractivity (Wildman–Crippen MR) is 52.7 cm³/mol. The first-order chi connectivity index (χ1) is 5.97. The standard InChI is InChI=1S/C6H12ClN5O/c1-12(2)6(9)11-5(8)10-4(13)3-7/h3H2,1-2H3,(H4,8,9,10,11,13). The van der Waals surface area contributed by atoms with Gasteiger partial charge < -0.3 is 16.4 Å². The molecule has 0 aromatic rings. The molecular formula is C6H12ClN5O. The average Bonchev–Trinajstić information content (AvgIpc) is 2.03. The molecule has 0 aromatic carbocycles. The lowest BCUT2D eigenvalue weighted by Gasteiger charge is -2.09. The molecule has 6 nitrogen and oxygen atoms in total. The number of hydrogen-bond acceptors (Lipinski definition) is 1. The number of halogens is 1. The van der Waals surface area contributed by atoms with E-state index in [0.717, 1.165) is 0 Å². The highest BCUT2D eigenvalue weighted by atomic mass is 35.5. The molecule has 0 bridgehead atoms. The lowest BCUT2D eigenvalue weighted by molar-refractivity contribution is -0.115. The van der Waals surface area contributed by atoms with Gasteiger partial charge in [-0.3, -0.25) is 4.79 Å². The average molecular weight is 206 g/mol. The van der Waals surface area contributed by atoms with Crippen LogP contribution in [0.4, 0.5) is 0 Å². The Labute approximate surface area is 81.3 Å². The molecule has 0 aliphatic heterocycles. The number of carbonyl (C=O) groups is 1. The summed E-state index contributed by atoms with van der Waals surface area (Å²) < 4.78 is 0. The van der Waals surface area contributed by atoms with Crippen molar-refractivity contribution in [2.45, 2.75) is 0 Å². The highest BCUT2D eigenvalue weighted by Gasteiger charge is 1.99. The summed E-state index contributed by atoms with van der Waals surface area (Å²) in [7, 11) is 3.38. The van der Waals surface area contributed by atoms with E-state index in [2.05, 4.69) is 9.98 Å². The van der Waals surface area contributed by atoms with E-state index in [1.807, 2.05) is 0 Å². The molecule has 1 amide bonds. The molecule has 0 atom stereocenters. The molecule has 0 aliphatic rings. The molecule has 0 radical (unpaired) electrons. The van der Waals surface area contributed by atoms with Gasteiger partial charge >= 0.3 is 0 Å². The molecular weight excluding hydrogens is 194 g/mol. The first kappa shape index (κ1) is 11.7. The maximum absolute atomic E-state index is 10.7. The van der Waals surface area contributed by atoms with Gasteiger partial charge in [0, 0.05) is 14.1 Å². The fraction of sp³-hybridized carbons (Fsp3) is 0.500. The summed E-state index contributed by atoms with van der Waals surface area (Å²) in [6.45, 7) is 0. The van der Waals surface area contributed by atoms with Crippen molar-refractivity contribution in [2.75, 3.05) is 20.0 Å². The number of nitrogens with two attached hydrogens (primary N) is 2. The first-order valence-electron chi connectivity index (χ1n) is 3.41. The Morgan fingerprint density at radius 3 is 2.31 bits per heavy atom. The number of carbonyl (C=O) groups excluding carboxylic acids is 1. The maximum Gasteiger partial charge on any atom is 0.263 e. The van der Waals surface area contributed by atoms with E-state index in [9.17, 15) is 4.79 Å². The van der Waals surface area contributed by atoms with Crippen molar-refractivity contribution in [2.24, 2.45) is 21.5 Å². The van der Waals surface area contributed by atoms with E-state index in [0.29, 0.717) is 0 Å². The van der Waals surface area contributed by atoms with E-state index in [-0.39, 0.29) is 17.8 Å². The molecule has 0 aromatic heterocycles. The Morgan fingerprint density at radius 2 is 1.92 bits per heavy atom. The van der Waals surface area contributed by atoms with Gasteiger partial charge in [0.05, 0.1) is 0 Å². The smallest absolute Gasteiger partial charge is 0.263 e. The van der Waals surface area contributed by atoms with Crippen LogP contribution in [0.2, 0.25) is 0 Å². The van der Waals surface area contributed by atoms with Crippen LogP contribution in [0, 0.1) is 0 Å². The van der Waals surface area contributed by atoms with Crippen molar-refractivity contribution < 1.29 is 4.79 Å². The topological polar surface area (TPSA) is 97.1 Å². The molecule has 4 N–H and O–H groups in total. The van der Waals surface area contributed by atoms with Crippen LogP contribution in [0.15, 0.2) is 9.98 Å². The first-order valence-corrected chi connectivity index (χ1v) is 3.95. The number of amides is 1. The molecule has 7 heteroatoms. The van der Waals surface area contributed by atoms with Crippen LogP contribution in [-0.2, 0) is 4.79 Å². The zero-order chi connectivity index (χ0) is 10.4. The third kappa shape index (κ3) is 5.02. The van der Waals surface area contributed by atoms with Crippen LogP contribution < -0.4 is 11.5 Å². The molecule has 0 saturated carbocycles. The van der Waals surface area contributed by atoms with Crippen LogP contribution in [0.3, 0.4) is 0 Å². The minimum absolute atomic E-state index is 0.170. The number of rotatable bonds is 1. The largest absolute Gasteiger partial charge is 0.369 e. The van der Waals surface area contributed by atoms with Gasteiger partial charge in [0.25, 0.3) is 5.91 Å². The van der Waals surface area contributed by atoms with Gasteiger partial charge in [-0.15, -0.1) is 11.6 Å². The zero-order valence-electron chi connectivity index (χ0n) is 7.49. The van der Waals surface area contributed by atoms with Gasteiger partial charge in [-0.2, -0.15) is 9.98 Å². The second-order valence-corrected chi connectivity index (χ2v) is 2.63. The van der Waals surface area contributed by atoms with Crippen molar-refractivity contribution >= 4 is 29.4 Å². The number of aliphatic imine (C=N–C) groups is 2. The number of guanidine groups is 2. The number of nitrogens with zero attached hydrogens (tertiary/aromatic N) is 3. The Morgan fingerprint density at radius 1 is 1.38 bits per heavy atom. The Bertz CT molecular complexity index is 247. The minimum Gasteiger partial charge on any atom is -0.369 e. The van der Waals surface area contributed by atoms with Gasteiger partial charge in [-0.1, -0.05) is 0 Å². The number of alkyl halides is 1. The molecule has 13 heavy (non-hydrogen) atoms. The molecule has 0 saturated heterocycles. The van der Waals surface area contributed by atoms with Crippen LogP contribution in [0.25, 0.3) is 0 Å². The summed E-state index contributed by atoms with van der Waals surface area (Å²) >= 11 is 5.19. The van der Waals surface area contributed by atoms with E-state index >= 15 is 0 Å². The normalized spacial score (nSPS) is 12.8. The lowest BCUT2D eigenvalue weighted by Crippen LogP contribution is -2.32. The van der Waals surface area contributed by atoms with Crippen LogP contribution in [0.1, 0.15) is 0 Å². The third-order valence-corrected chi connectivity index (χ3v) is 1.27. The summed E-state index contributed by atoms with van der Waals surface area (Å²) in [5.74, 6) is -0.798.